The van der Waals surface area contributed by atoms with Crippen LogP contribution in [0.4, 0.5) is 5.69 Å². The van der Waals surface area contributed by atoms with E-state index >= 15 is 0 Å². The number of benzene rings is 2. The molecule has 0 spiro atoms. The molecule has 0 amide bonds. The van der Waals surface area contributed by atoms with Gasteiger partial charge in [0.15, 0.2) is 0 Å². The van der Waals surface area contributed by atoms with E-state index < -0.39 is 0 Å². The highest BCUT2D eigenvalue weighted by Gasteiger charge is 2.29. The van der Waals surface area contributed by atoms with E-state index in [1.165, 1.54) is 25.0 Å². The van der Waals surface area contributed by atoms with Crippen LogP contribution in [0.15, 0.2) is 48.5 Å². The maximum atomic E-state index is 11.3. The molecule has 33 heavy (non-hydrogen) atoms. The third-order valence-corrected chi connectivity index (χ3v) is 6.99. The van der Waals surface area contributed by atoms with E-state index in [2.05, 4.69) is 52.4 Å². The van der Waals surface area contributed by atoms with Crippen molar-refractivity contribution in [3.8, 4) is 0 Å². The lowest BCUT2D eigenvalue weighted by molar-refractivity contribution is -0.384. The number of aromatic amines is 1. The van der Waals surface area contributed by atoms with Gasteiger partial charge in [0.25, 0.3) is 5.69 Å². The van der Waals surface area contributed by atoms with Crippen LogP contribution in [-0.4, -0.2) is 39.2 Å². The van der Waals surface area contributed by atoms with Gasteiger partial charge in [0.1, 0.15) is 0 Å². The Kier molecular flexibility index (Phi) is 6.09. The maximum Gasteiger partial charge on any atom is 0.270 e. The number of non-ortho nitro benzene ring substituents is 1. The minimum atomic E-state index is -0.325. The van der Waals surface area contributed by atoms with Gasteiger partial charge in [-0.25, -0.2) is 0 Å². The molecule has 0 bridgehead atoms. The summed E-state index contributed by atoms with van der Waals surface area (Å²) in [6, 6.07) is 14.0. The van der Waals surface area contributed by atoms with E-state index in [9.17, 15) is 10.1 Å². The fraction of sp³-hybridized carbons (Fsp3) is 0.370. The smallest absolute Gasteiger partial charge is 0.270 e. The molecule has 0 saturated carbocycles. The second-order valence-corrected chi connectivity index (χ2v) is 9.18. The van der Waals surface area contributed by atoms with Gasteiger partial charge in [-0.15, -0.1) is 0 Å². The van der Waals surface area contributed by atoms with Gasteiger partial charge in [-0.05, 0) is 73.1 Å². The van der Waals surface area contributed by atoms with Gasteiger partial charge >= 0.3 is 0 Å². The van der Waals surface area contributed by atoms with Crippen molar-refractivity contribution in [1.29, 1.82) is 0 Å². The Hall–Kier alpha value is -3.25. The Morgan fingerprint density at radius 3 is 3.06 bits per heavy atom. The van der Waals surface area contributed by atoms with E-state index in [0.29, 0.717) is 6.04 Å². The number of hydrogen-bond donors (Lipinski definition) is 1. The number of hydrogen-bond acceptors (Lipinski definition) is 4. The van der Waals surface area contributed by atoms with Crippen LogP contribution >= 0.6 is 0 Å². The number of fused-ring (bicyclic) bond motifs is 2. The zero-order chi connectivity index (χ0) is 22.8. The molecule has 1 aromatic heterocycles. The summed E-state index contributed by atoms with van der Waals surface area (Å²) in [5.41, 5.74) is 6.73. The highest BCUT2D eigenvalue weighted by molar-refractivity contribution is 5.93. The minimum Gasteiger partial charge on any atom is -0.296 e. The lowest BCUT2D eigenvalue weighted by atomic mass is 9.94. The van der Waals surface area contributed by atoms with Crippen molar-refractivity contribution in [2.75, 3.05) is 13.1 Å². The molecule has 2 aliphatic rings. The molecule has 1 fully saturated rings. The normalized spacial score (nSPS) is 19.0. The van der Waals surface area contributed by atoms with Crippen molar-refractivity contribution in [3.63, 3.8) is 0 Å². The van der Waals surface area contributed by atoms with Crippen LogP contribution in [0.25, 0.3) is 28.1 Å². The number of rotatable bonds is 7. The first-order chi connectivity index (χ1) is 16.1. The number of nitro groups is 1. The molecular formula is C27H30N4O2. The molecule has 1 N–H and O–H groups in total. The quantitative estimate of drug-likeness (QED) is 0.259. The summed E-state index contributed by atoms with van der Waals surface area (Å²) in [4.78, 5) is 13.5. The fourth-order valence-electron chi connectivity index (χ4n) is 5.18. The summed E-state index contributed by atoms with van der Waals surface area (Å²) in [5.74, 6) is 0. The number of nitrogens with zero attached hydrogens (tertiary/aromatic N) is 3. The largest absolute Gasteiger partial charge is 0.296 e. The van der Waals surface area contributed by atoms with Crippen LogP contribution in [-0.2, 0) is 0 Å². The number of H-pyrrole nitrogens is 1. The summed E-state index contributed by atoms with van der Waals surface area (Å²) in [6.07, 6.45) is 11.2. The van der Waals surface area contributed by atoms with Crippen LogP contribution in [0.1, 0.15) is 62.3 Å². The first kappa shape index (κ1) is 21.6. The summed E-state index contributed by atoms with van der Waals surface area (Å²) in [5, 5.41) is 20.3. The van der Waals surface area contributed by atoms with E-state index in [1.807, 2.05) is 6.07 Å². The molecule has 1 saturated heterocycles. The van der Waals surface area contributed by atoms with Crippen LogP contribution in [0, 0.1) is 10.1 Å². The van der Waals surface area contributed by atoms with Gasteiger partial charge in [-0.1, -0.05) is 43.7 Å². The Morgan fingerprint density at radius 1 is 1.30 bits per heavy atom. The number of nitrogens with one attached hydrogen (secondary N) is 1. The number of unbranched alkanes of at least 4 members (excludes halogenated alkanes) is 1. The summed E-state index contributed by atoms with van der Waals surface area (Å²) in [7, 11) is 0. The van der Waals surface area contributed by atoms with Crippen molar-refractivity contribution in [2.45, 2.75) is 51.5 Å². The lowest BCUT2D eigenvalue weighted by Gasteiger charge is -2.28. The second-order valence-electron chi connectivity index (χ2n) is 9.18. The van der Waals surface area contributed by atoms with Crippen LogP contribution < -0.4 is 0 Å². The molecule has 0 radical (unpaired) electrons. The molecule has 1 unspecified atom stereocenters. The molecule has 6 nitrogen and oxygen atoms in total. The van der Waals surface area contributed by atoms with Crippen molar-refractivity contribution in [1.82, 2.24) is 15.1 Å². The SMILES string of the molecule is CCCC/C(=C\c1ccc2[nH]nc(C3=CCN4CCCC4C3)c2c1)c1cccc([N+](=O)[O-])c1. The van der Waals surface area contributed by atoms with Crippen molar-refractivity contribution < 1.29 is 4.92 Å². The Balaban J connectivity index is 1.51. The predicted octanol–water partition coefficient (Wildman–Crippen LogP) is 6.45. The first-order valence-corrected chi connectivity index (χ1v) is 12.0. The summed E-state index contributed by atoms with van der Waals surface area (Å²) in [6.45, 7) is 4.39. The topological polar surface area (TPSA) is 75.1 Å². The highest BCUT2D eigenvalue weighted by atomic mass is 16.6. The van der Waals surface area contributed by atoms with Crippen LogP contribution in [0.5, 0.6) is 0 Å². The molecular weight excluding hydrogens is 412 g/mol. The maximum absolute atomic E-state index is 11.3. The van der Waals surface area contributed by atoms with E-state index in [1.54, 1.807) is 18.2 Å². The lowest BCUT2D eigenvalue weighted by Crippen LogP contribution is -2.32. The van der Waals surface area contributed by atoms with Crippen LogP contribution in [0.2, 0.25) is 0 Å². The number of allylic oxidation sites excluding steroid dienone is 1. The fourth-order valence-corrected chi connectivity index (χ4v) is 5.18. The molecule has 6 heteroatoms. The van der Waals surface area contributed by atoms with Crippen molar-refractivity contribution >= 4 is 33.8 Å². The highest BCUT2D eigenvalue weighted by Crippen LogP contribution is 2.35. The van der Waals surface area contributed by atoms with Gasteiger partial charge in [0, 0.05) is 30.1 Å². The third kappa shape index (κ3) is 4.48. The Morgan fingerprint density at radius 2 is 2.21 bits per heavy atom. The predicted molar refractivity (Wildman–Crippen MR) is 134 cm³/mol. The monoisotopic (exact) mass is 442 g/mol. The Bertz CT molecular complexity index is 1240. The summed E-state index contributed by atoms with van der Waals surface area (Å²) < 4.78 is 0. The molecule has 3 heterocycles. The van der Waals surface area contributed by atoms with Gasteiger partial charge < -0.3 is 0 Å². The van der Waals surface area contributed by atoms with Gasteiger partial charge in [-0.3, -0.25) is 20.1 Å². The molecule has 170 valence electrons. The molecule has 5 rings (SSSR count). The standard InChI is InChI=1S/C27H30N4O2/c1-2-3-6-20(21-7-4-8-24(17-21)31(32)33)15-19-10-11-26-25(16-19)27(29-28-26)22-12-14-30-13-5-9-23(30)18-22/h4,7-8,10-12,15-17,23H,2-3,5-6,9,13-14,18H2,1H3,(H,28,29)/b20-15+. The molecule has 2 aliphatic heterocycles. The zero-order valence-electron chi connectivity index (χ0n) is 19.1. The number of aromatic nitrogens is 2. The van der Waals surface area contributed by atoms with E-state index in [-0.39, 0.29) is 10.6 Å². The Labute approximate surface area is 194 Å². The summed E-state index contributed by atoms with van der Waals surface area (Å²) >= 11 is 0. The molecule has 0 aliphatic carbocycles. The first-order valence-electron chi connectivity index (χ1n) is 12.0. The van der Waals surface area contributed by atoms with Crippen molar-refractivity contribution in [2.24, 2.45) is 0 Å². The van der Waals surface area contributed by atoms with E-state index in [0.717, 1.165) is 65.5 Å². The number of nitro benzene ring substituents is 1. The zero-order valence-corrected chi connectivity index (χ0v) is 19.1. The van der Waals surface area contributed by atoms with Gasteiger partial charge in [-0.2, -0.15) is 5.10 Å². The molecule has 3 aromatic rings. The van der Waals surface area contributed by atoms with Crippen LogP contribution in [0.3, 0.4) is 0 Å². The van der Waals surface area contributed by atoms with E-state index in [4.69, 9.17) is 0 Å². The average Bonchev–Trinajstić information content (AvgIpc) is 3.48. The second kappa shape index (κ2) is 9.32. The minimum absolute atomic E-state index is 0.132. The van der Waals surface area contributed by atoms with Crippen molar-refractivity contribution in [3.05, 3.63) is 75.5 Å². The molecule has 2 aromatic carbocycles. The average molecular weight is 443 g/mol. The molecule has 1 atom stereocenters. The van der Waals surface area contributed by atoms with Gasteiger partial charge in [0.2, 0.25) is 0 Å². The third-order valence-electron chi connectivity index (χ3n) is 6.99. The van der Waals surface area contributed by atoms with Gasteiger partial charge in [0.05, 0.1) is 16.1 Å².